The first-order valence-electron chi connectivity index (χ1n) is 10.3. The number of anilines is 2. The van der Waals surface area contributed by atoms with Gasteiger partial charge in [-0.25, -0.2) is 4.79 Å². The molecule has 2 N–H and O–H groups in total. The van der Waals surface area contributed by atoms with E-state index in [0.29, 0.717) is 44.8 Å². The summed E-state index contributed by atoms with van der Waals surface area (Å²) >= 11 is 0. The van der Waals surface area contributed by atoms with Gasteiger partial charge in [0, 0.05) is 31.3 Å². The number of nitrogens with one attached hydrogen (secondary N) is 2. The molecule has 0 spiro atoms. The van der Waals surface area contributed by atoms with Crippen LogP contribution in [-0.4, -0.2) is 66.7 Å². The molecule has 2 fully saturated rings. The highest BCUT2D eigenvalue weighted by Crippen LogP contribution is 2.37. The normalized spacial score (nSPS) is 21.9. The molecule has 162 valence electrons. The Morgan fingerprint density at radius 3 is 2.73 bits per heavy atom. The second-order valence-electron chi connectivity index (χ2n) is 8.92. The number of amides is 3. The Morgan fingerprint density at radius 2 is 2.03 bits per heavy atom. The quantitative estimate of drug-likeness (QED) is 0.724. The van der Waals surface area contributed by atoms with Crippen LogP contribution in [0.4, 0.5) is 16.2 Å². The predicted octanol–water partition coefficient (Wildman–Crippen LogP) is 1.72. The number of nitrogens with zero attached hydrogens (tertiary/aromatic N) is 2. The van der Waals surface area contributed by atoms with Crippen LogP contribution in [0.5, 0.6) is 5.75 Å². The van der Waals surface area contributed by atoms with E-state index in [1.54, 1.807) is 4.90 Å². The molecule has 1 atom stereocenters. The van der Waals surface area contributed by atoms with Gasteiger partial charge in [0.15, 0.2) is 0 Å². The summed E-state index contributed by atoms with van der Waals surface area (Å²) in [5, 5.41) is 5.84. The summed E-state index contributed by atoms with van der Waals surface area (Å²) < 4.78 is 11.2. The number of imide groups is 1. The highest BCUT2D eigenvalue weighted by atomic mass is 16.6. The van der Waals surface area contributed by atoms with Crippen molar-refractivity contribution in [3.63, 3.8) is 0 Å². The van der Waals surface area contributed by atoms with E-state index in [0.717, 1.165) is 11.4 Å². The summed E-state index contributed by atoms with van der Waals surface area (Å²) in [5.41, 5.74) is 1.25. The third kappa shape index (κ3) is 4.29. The monoisotopic (exact) mass is 416 g/mol. The summed E-state index contributed by atoms with van der Waals surface area (Å²) in [6.07, 6.45) is 0.555. The van der Waals surface area contributed by atoms with Gasteiger partial charge in [-0.05, 0) is 39.3 Å². The first-order valence-corrected chi connectivity index (χ1v) is 10.3. The average Bonchev–Trinajstić information content (AvgIpc) is 2.62. The van der Waals surface area contributed by atoms with Crippen LogP contribution in [0.25, 0.3) is 0 Å². The van der Waals surface area contributed by atoms with Gasteiger partial charge in [0.1, 0.15) is 24.0 Å². The standard InChI is InChI=1S/C21H28N4O5/c1-21(2,3)30-20(28)24-11-14(12-24)22-13-4-5-15-17(10-13)29-9-8-25(15)16-6-7-18(26)23-19(16)27/h4-5,10,14,16,22H,6-9,11-12H2,1-3H3,(H,23,26,27). The van der Waals surface area contributed by atoms with Gasteiger partial charge in [-0.3, -0.25) is 14.9 Å². The molecule has 1 aromatic carbocycles. The molecule has 9 nitrogen and oxygen atoms in total. The molecular formula is C21H28N4O5. The summed E-state index contributed by atoms with van der Waals surface area (Å²) in [4.78, 5) is 39.5. The molecule has 3 heterocycles. The molecule has 3 aliphatic heterocycles. The van der Waals surface area contributed by atoms with E-state index in [2.05, 4.69) is 10.6 Å². The van der Waals surface area contributed by atoms with Crippen molar-refractivity contribution < 1.29 is 23.9 Å². The van der Waals surface area contributed by atoms with Gasteiger partial charge in [0.2, 0.25) is 11.8 Å². The highest BCUT2D eigenvalue weighted by molar-refractivity contribution is 6.02. The average molecular weight is 416 g/mol. The molecule has 0 bridgehead atoms. The van der Waals surface area contributed by atoms with Crippen LogP contribution in [0.15, 0.2) is 18.2 Å². The van der Waals surface area contributed by atoms with E-state index >= 15 is 0 Å². The Labute approximate surface area is 175 Å². The van der Waals surface area contributed by atoms with Crippen molar-refractivity contribution in [2.75, 3.05) is 36.5 Å². The SMILES string of the molecule is CC(C)(C)OC(=O)N1CC(Nc2ccc3c(c2)OCCN3C2CCC(=O)NC2=O)C1. The van der Waals surface area contributed by atoms with E-state index in [1.165, 1.54) is 0 Å². The van der Waals surface area contributed by atoms with Gasteiger partial charge in [0.05, 0.1) is 18.3 Å². The van der Waals surface area contributed by atoms with Crippen molar-refractivity contribution in [2.24, 2.45) is 0 Å². The fraction of sp³-hybridized carbons (Fsp3) is 0.571. The second kappa shape index (κ2) is 7.70. The smallest absolute Gasteiger partial charge is 0.410 e. The van der Waals surface area contributed by atoms with Crippen molar-refractivity contribution in [1.82, 2.24) is 10.2 Å². The molecule has 3 aliphatic rings. The van der Waals surface area contributed by atoms with Crippen molar-refractivity contribution in [3.8, 4) is 5.75 Å². The zero-order valence-electron chi connectivity index (χ0n) is 17.6. The van der Waals surface area contributed by atoms with Crippen LogP contribution in [0.2, 0.25) is 0 Å². The number of hydrogen-bond donors (Lipinski definition) is 2. The number of carbonyl (C=O) groups excluding carboxylic acids is 3. The van der Waals surface area contributed by atoms with Crippen LogP contribution in [-0.2, 0) is 14.3 Å². The number of likely N-dealkylation sites (tertiary alicyclic amines) is 1. The van der Waals surface area contributed by atoms with Crippen LogP contribution in [0.3, 0.4) is 0 Å². The van der Waals surface area contributed by atoms with E-state index in [1.807, 2.05) is 43.9 Å². The van der Waals surface area contributed by atoms with Crippen molar-refractivity contribution in [2.45, 2.75) is 51.3 Å². The number of fused-ring (bicyclic) bond motifs is 1. The van der Waals surface area contributed by atoms with E-state index in [-0.39, 0.29) is 30.0 Å². The van der Waals surface area contributed by atoms with E-state index in [9.17, 15) is 14.4 Å². The largest absolute Gasteiger partial charge is 0.489 e. The highest BCUT2D eigenvalue weighted by Gasteiger charge is 2.36. The lowest BCUT2D eigenvalue weighted by atomic mass is 10.0. The van der Waals surface area contributed by atoms with Crippen LogP contribution < -0.4 is 20.3 Å². The van der Waals surface area contributed by atoms with Gasteiger partial charge < -0.3 is 24.6 Å². The number of ether oxygens (including phenoxy) is 2. The molecule has 0 aromatic heterocycles. The first-order chi connectivity index (χ1) is 14.2. The maximum Gasteiger partial charge on any atom is 0.410 e. The number of piperidine rings is 1. The van der Waals surface area contributed by atoms with Crippen LogP contribution in [0, 0.1) is 0 Å². The lowest BCUT2D eigenvalue weighted by molar-refractivity contribution is -0.134. The summed E-state index contributed by atoms with van der Waals surface area (Å²) in [7, 11) is 0. The number of rotatable bonds is 3. The Kier molecular flexibility index (Phi) is 5.21. The van der Waals surface area contributed by atoms with Gasteiger partial charge >= 0.3 is 6.09 Å². The summed E-state index contributed by atoms with van der Waals surface area (Å²) in [5.74, 6) is 0.238. The molecule has 1 aromatic rings. The lowest BCUT2D eigenvalue weighted by Crippen LogP contribution is -2.57. The molecule has 30 heavy (non-hydrogen) atoms. The lowest BCUT2D eigenvalue weighted by Gasteiger charge is -2.41. The molecule has 0 aliphatic carbocycles. The molecular weight excluding hydrogens is 388 g/mol. The Hall–Kier alpha value is -2.97. The summed E-state index contributed by atoms with van der Waals surface area (Å²) in [6, 6.07) is 5.58. The molecule has 4 rings (SSSR count). The zero-order valence-corrected chi connectivity index (χ0v) is 17.6. The first kappa shape index (κ1) is 20.3. The Bertz CT molecular complexity index is 859. The molecule has 3 amide bonds. The van der Waals surface area contributed by atoms with Crippen molar-refractivity contribution >= 4 is 29.3 Å². The minimum Gasteiger partial charge on any atom is -0.489 e. The fourth-order valence-electron chi connectivity index (χ4n) is 3.92. The van der Waals surface area contributed by atoms with Crippen LogP contribution in [0.1, 0.15) is 33.6 Å². The fourth-order valence-corrected chi connectivity index (χ4v) is 3.92. The maximum atomic E-state index is 12.3. The summed E-state index contributed by atoms with van der Waals surface area (Å²) in [6.45, 7) is 7.79. The second-order valence-corrected chi connectivity index (χ2v) is 8.92. The Morgan fingerprint density at radius 1 is 1.27 bits per heavy atom. The molecule has 0 saturated carbocycles. The van der Waals surface area contributed by atoms with Crippen molar-refractivity contribution in [3.05, 3.63) is 18.2 Å². The van der Waals surface area contributed by atoms with Crippen LogP contribution >= 0.6 is 0 Å². The minimum absolute atomic E-state index is 0.144. The van der Waals surface area contributed by atoms with E-state index < -0.39 is 5.60 Å². The van der Waals surface area contributed by atoms with E-state index in [4.69, 9.17) is 9.47 Å². The third-order valence-corrected chi connectivity index (χ3v) is 5.35. The minimum atomic E-state index is -0.500. The molecule has 0 radical (unpaired) electrons. The molecule has 2 saturated heterocycles. The number of carbonyl (C=O) groups is 3. The van der Waals surface area contributed by atoms with Gasteiger partial charge in [-0.2, -0.15) is 0 Å². The molecule has 1 unspecified atom stereocenters. The number of benzene rings is 1. The Balaban J connectivity index is 1.37. The van der Waals surface area contributed by atoms with Gasteiger partial charge in [0.25, 0.3) is 0 Å². The maximum absolute atomic E-state index is 12.3. The van der Waals surface area contributed by atoms with Gasteiger partial charge in [-0.1, -0.05) is 0 Å². The predicted molar refractivity (Wildman–Crippen MR) is 111 cm³/mol. The van der Waals surface area contributed by atoms with Gasteiger partial charge in [-0.15, -0.1) is 0 Å². The third-order valence-electron chi connectivity index (χ3n) is 5.35. The number of hydrogen-bond acceptors (Lipinski definition) is 7. The topological polar surface area (TPSA) is 100 Å². The molecule has 9 heteroatoms. The zero-order chi connectivity index (χ0) is 21.5. The van der Waals surface area contributed by atoms with Crippen molar-refractivity contribution in [1.29, 1.82) is 0 Å².